The second-order valence-electron chi connectivity index (χ2n) is 2.84. The van der Waals surface area contributed by atoms with Gasteiger partial charge in [-0.05, 0) is 13.8 Å². The number of ketones is 1. The Kier molecular flexibility index (Phi) is 5.70. The van der Waals surface area contributed by atoms with Crippen LogP contribution in [0.15, 0.2) is 24.3 Å². The summed E-state index contributed by atoms with van der Waals surface area (Å²) in [6.07, 6.45) is 0. The van der Waals surface area contributed by atoms with Crippen LogP contribution in [0.1, 0.15) is 22.8 Å². The molecule has 0 aliphatic carbocycles. The number of hydrogen-bond donors (Lipinski definition) is 1. The van der Waals surface area contributed by atoms with Gasteiger partial charge in [0.2, 0.25) is 0 Å². The molecule has 0 bridgehead atoms. The number of Topliss-reactive ketones (excluding diaryl/α,β-unsaturated/α-hetero) is 1. The van der Waals surface area contributed by atoms with Gasteiger partial charge in [-0.3, -0.25) is 4.79 Å². The van der Waals surface area contributed by atoms with Crippen LogP contribution in [0.25, 0.3) is 0 Å². The van der Waals surface area contributed by atoms with Crippen molar-refractivity contribution in [3.8, 4) is 0 Å². The van der Waals surface area contributed by atoms with Crippen LogP contribution >= 0.6 is 0 Å². The summed E-state index contributed by atoms with van der Waals surface area (Å²) in [5.74, 6) is 0.125. The summed E-state index contributed by atoms with van der Waals surface area (Å²) < 4.78 is 0. The maximum absolute atomic E-state index is 10.8. The molecule has 0 atom stereocenters. The van der Waals surface area contributed by atoms with Gasteiger partial charge in [0.05, 0.1) is 0 Å². The van der Waals surface area contributed by atoms with Crippen molar-refractivity contribution in [2.24, 2.45) is 0 Å². The lowest BCUT2D eigenvalue weighted by molar-refractivity contribution is -0.971. The summed E-state index contributed by atoms with van der Waals surface area (Å²) in [4.78, 5) is 23.4. The molecular weight excluding hydrogens is 198 g/mol. The molecule has 82 valence electrons. The predicted octanol–water partition coefficient (Wildman–Crippen LogP) is 1.91. The molecule has 5 heteroatoms. The predicted molar refractivity (Wildman–Crippen MR) is 53.6 cm³/mol. The SMILES string of the molecule is CC(=O)c1ccc(C)cc1.CO[N+](=O)O. The quantitative estimate of drug-likeness (QED) is 0.600. The first kappa shape index (κ1) is 13.1. The zero-order valence-electron chi connectivity index (χ0n) is 8.93. The second kappa shape index (κ2) is 6.53. The summed E-state index contributed by atoms with van der Waals surface area (Å²) in [5, 5.41) is 6.79. The number of hydrogen-bond acceptors (Lipinski definition) is 3. The maximum Gasteiger partial charge on any atom is 0.474 e. The molecule has 0 aliphatic heterocycles. The van der Waals surface area contributed by atoms with Gasteiger partial charge in [0.25, 0.3) is 0 Å². The van der Waals surface area contributed by atoms with E-state index in [9.17, 15) is 4.79 Å². The third-order valence-electron chi connectivity index (χ3n) is 1.61. The minimum absolute atomic E-state index is 0.125. The summed E-state index contributed by atoms with van der Waals surface area (Å²) >= 11 is 0. The molecule has 1 N–H and O–H groups in total. The van der Waals surface area contributed by atoms with E-state index >= 15 is 0 Å². The minimum Gasteiger partial charge on any atom is -0.295 e. The molecule has 0 fully saturated rings. The van der Waals surface area contributed by atoms with Crippen LogP contribution in [0, 0.1) is 11.8 Å². The highest BCUT2D eigenvalue weighted by Crippen LogP contribution is 2.02. The molecule has 1 rings (SSSR count). The van der Waals surface area contributed by atoms with Crippen LogP contribution in [0.2, 0.25) is 0 Å². The van der Waals surface area contributed by atoms with Crippen LogP contribution in [0.3, 0.4) is 0 Å². The molecule has 0 unspecified atom stereocenters. The normalized spacial score (nSPS) is 8.47. The van der Waals surface area contributed by atoms with Gasteiger partial charge in [-0.25, -0.2) is 5.21 Å². The highest BCUT2D eigenvalue weighted by atomic mass is 16.9. The van der Waals surface area contributed by atoms with Gasteiger partial charge in [0, 0.05) is 5.56 Å². The van der Waals surface area contributed by atoms with Crippen molar-refractivity contribution >= 4 is 5.78 Å². The largest absolute Gasteiger partial charge is 0.474 e. The molecule has 1 aromatic rings. The van der Waals surface area contributed by atoms with E-state index in [2.05, 4.69) is 4.84 Å². The lowest BCUT2D eigenvalue weighted by Crippen LogP contribution is -1.95. The molecule has 0 aromatic heterocycles. The Morgan fingerprint density at radius 1 is 1.33 bits per heavy atom. The van der Waals surface area contributed by atoms with Crippen LogP contribution in [0.4, 0.5) is 0 Å². The number of nitrogens with zero attached hydrogens (tertiary/aromatic N) is 1. The van der Waals surface area contributed by atoms with E-state index in [-0.39, 0.29) is 5.78 Å². The number of aryl methyl sites for hydroxylation is 1. The van der Waals surface area contributed by atoms with Gasteiger partial charge in [-0.2, -0.15) is 4.84 Å². The lowest BCUT2D eigenvalue weighted by atomic mass is 10.1. The molecule has 0 aliphatic rings. The van der Waals surface area contributed by atoms with Crippen LogP contribution in [-0.2, 0) is 4.84 Å². The number of benzene rings is 1. The minimum atomic E-state index is -0.625. The summed E-state index contributed by atoms with van der Waals surface area (Å²) in [7, 11) is 1.06. The summed E-state index contributed by atoms with van der Waals surface area (Å²) in [5.41, 5.74) is 1.97. The summed E-state index contributed by atoms with van der Waals surface area (Å²) in [6.45, 7) is 3.58. The van der Waals surface area contributed by atoms with Crippen LogP contribution < -0.4 is 0 Å². The monoisotopic (exact) mass is 212 g/mol. The van der Waals surface area contributed by atoms with E-state index < -0.39 is 5.09 Å². The van der Waals surface area contributed by atoms with E-state index in [0.717, 1.165) is 12.7 Å². The molecule has 5 nitrogen and oxygen atoms in total. The van der Waals surface area contributed by atoms with Crippen molar-refractivity contribution < 1.29 is 19.9 Å². The lowest BCUT2D eigenvalue weighted by Gasteiger charge is -1.93. The molecule has 0 amide bonds. The van der Waals surface area contributed by atoms with Gasteiger partial charge < -0.3 is 0 Å². The van der Waals surface area contributed by atoms with E-state index in [1.54, 1.807) is 6.92 Å². The smallest absolute Gasteiger partial charge is 0.295 e. The highest BCUT2D eigenvalue weighted by Gasteiger charge is 1.95. The van der Waals surface area contributed by atoms with Crippen molar-refractivity contribution in [3.63, 3.8) is 0 Å². The fraction of sp³-hybridized carbons (Fsp3) is 0.300. The van der Waals surface area contributed by atoms with E-state index in [0.29, 0.717) is 0 Å². The van der Waals surface area contributed by atoms with Crippen molar-refractivity contribution in [2.45, 2.75) is 13.8 Å². The van der Waals surface area contributed by atoms with Gasteiger partial charge in [0.15, 0.2) is 12.9 Å². The zero-order valence-corrected chi connectivity index (χ0v) is 8.93. The average molecular weight is 212 g/mol. The molecule has 0 radical (unpaired) electrons. The highest BCUT2D eigenvalue weighted by molar-refractivity contribution is 5.93. The van der Waals surface area contributed by atoms with Crippen molar-refractivity contribution in [1.82, 2.24) is 0 Å². The molecule has 0 saturated heterocycles. The van der Waals surface area contributed by atoms with E-state index in [1.807, 2.05) is 31.2 Å². The van der Waals surface area contributed by atoms with E-state index in [1.165, 1.54) is 5.56 Å². The fourth-order valence-electron chi connectivity index (χ4n) is 0.788. The second-order valence-corrected chi connectivity index (χ2v) is 2.84. The van der Waals surface area contributed by atoms with Gasteiger partial charge in [-0.1, -0.05) is 29.8 Å². The van der Waals surface area contributed by atoms with Crippen LogP contribution in [0.5, 0.6) is 0 Å². The first-order valence-corrected chi connectivity index (χ1v) is 4.25. The fourth-order valence-corrected chi connectivity index (χ4v) is 0.788. The Morgan fingerprint density at radius 2 is 1.73 bits per heavy atom. The Morgan fingerprint density at radius 3 is 2.00 bits per heavy atom. The Bertz CT molecular complexity index is 332. The van der Waals surface area contributed by atoms with Gasteiger partial charge in [0.1, 0.15) is 4.91 Å². The number of carbonyl (C=O) groups excluding carboxylic acids is 1. The Hall–Kier alpha value is -1.91. The number of carbonyl (C=O) groups is 1. The maximum atomic E-state index is 10.8. The third kappa shape index (κ3) is 6.20. The molecule has 15 heavy (non-hydrogen) atoms. The Balaban J connectivity index is 0.000000336. The first-order chi connectivity index (χ1) is 6.97. The molecular formula is C10H14NO4+. The Labute approximate surface area is 87.8 Å². The zero-order chi connectivity index (χ0) is 11.8. The van der Waals surface area contributed by atoms with Gasteiger partial charge >= 0.3 is 5.09 Å². The third-order valence-corrected chi connectivity index (χ3v) is 1.61. The first-order valence-electron chi connectivity index (χ1n) is 4.25. The summed E-state index contributed by atoms with van der Waals surface area (Å²) in [6, 6.07) is 7.57. The molecule has 0 heterocycles. The van der Waals surface area contributed by atoms with Crippen LogP contribution in [-0.4, -0.2) is 23.2 Å². The number of rotatable bonds is 2. The molecule has 1 aromatic carbocycles. The molecule has 0 saturated carbocycles. The van der Waals surface area contributed by atoms with Gasteiger partial charge in [-0.15, -0.1) is 0 Å². The molecule has 0 spiro atoms. The van der Waals surface area contributed by atoms with E-state index in [4.69, 9.17) is 10.1 Å². The van der Waals surface area contributed by atoms with Crippen molar-refractivity contribution in [2.75, 3.05) is 7.11 Å². The topological polar surface area (TPSA) is 66.6 Å². The average Bonchev–Trinajstić information content (AvgIpc) is 2.19. The van der Waals surface area contributed by atoms with Crippen molar-refractivity contribution in [3.05, 3.63) is 40.3 Å². The standard InChI is InChI=1S/C9H10O.CH4NO3/c1-7-3-5-9(6-4-7)8(2)10;1-5-2(3)4/h3-6H,1-2H3;1H3,(H,3,4)/q;+1. The van der Waals surface area contributed by atoms with Crippen molar-refractivity contribution in [1.29, 1.82) is 0 Å².